The second kappa shape index (κ2) is 11.3. The molecule has 0 spiro atoms. The highest BCUT2D eigenvalue weighted by molar-refractivity contribution is 5.80. The SMILES string of the molecule is C=C(C)CNC(=NCc1ccc([N+](=O)[O-])cc1)NC1CCN(Cc2ccccc2)CC1. The van der Waals surface area contributed by atoms with E-state index in [0.29, 0.717) is 19.1 Å². The van der Waals surface area contributed by atoms with Crippen LogP contribution in [-0.2, 0) is 13.1 Å². The number of nitrogens with one attached hydrogen (secondary N) is 2. The van der Waals surface area contributed by atoms with Crippen LogP contribution in [0.5, 0.6) is 0 Å². The van der Waals surface area contributed by atoms with E-state index >= 15 is 0 Å². The van der Waals surface area contributed by atoms with Crippen LogP contribution in [0.3, 0.4) is 0 Å². The molecule has 1 fully saturated rings. The molecule has 7 heteroatoms. The Hall–Kier alpha value is -3.19. The van der Waals surface area contributed by atoms with Gasteiger partial charge in [0.1, 0.15) is 0 Å². The van der Waals surface area contributed by atoms with Crippen LogP contribution >= 0.6 is 0 Å². The molecule has 164 valence electrons. The summed E-state index contributed by atoms with van der Waals surface area (Å²) in [6.07, 6.45) is 2.11. The molecule has 1 saturated heterocycles. The first-order valence-corrected chi connectivity index (χ1v) is 10.7. The molecule has 0 bridgehead atoms. The van der Waals surface area contributed by atoms with Gasteiger partial charge < -0.3 is 10.6 Å². The van der Waals surface area contributed by atoms with E-state index in [9.17, 15) is 10.1 Å². The quantitative estimate of drug-likeness (QED) is 0.222. The number of benzene rings is 2. The van der Waals surface area contributed by atoms with E-state index in [-0.39, 0.29) is 5.69 Å². The average Bonchev–Trinajstić information content (AvgIpc) is 2.78. The third-order valence-corrected chi connectivity index (χ3v) is 5.30. The fourth-order valence-electron chi connectivity index (χ4n) is 3.55. The molecule has 3 rings (SSSR count). The minimum absolute atomic E-state index is 0.0914. The summed E-state index contributed by atoms with van der Waals surface area (Å²) in [6, 6.07) is 17.5. The van der Waals surface area contributed by atoms with Crippen LogP contribution in [0.4, 0.5) is 5.69 Å². The van der Waals surface area contributed by atoms with E-state index in [0.717, 1.165) is 49.6 Å². The average molecular weight is 422 g/mol. The van der Waals surface area contributed by atoms with E-state index in [1.165, 1.54) is 17.7 Å². The first kappa shape index (κ1) is 22.5. The normalized spacial score (nSPS) is 15.5. The van der Waals surface area contributed by atoms with Crippen molar-refractivity contribution in [3.8, 4) is 0 Å². The van der Waals surface area contributed by atoms with Crippen molar-refractivity contribution in [2.45, 2.75) is 38.9 Å². The monoisotopic (exact) mass is 421 g/mol. The summed E-state index contributed by atoms with van der Waals surface area (Å²) in [7, 11) is 0. The van der Waals surface area contributed by atoms with Gasteiger partial charge in [-0.3, -0.25) is 15.0 Å². The van der Waals surface area contributed by atoms with Crippen molar-refractivity contribution in [2.24, 2.45) is 4.99 Å². The zero-order valence-corrected chi connectivity index (χ0v) is 18.1. The summed E-state index contributed by atoms with van der Waals surface area (Å²) in [6.45, 7) is 10.1. The zero-order valence-electron chi connectivity index (χ0n) is 18.1. The lowest BCUT2D eigenvalue weighted by molar-refractivity contribution is -0.384. The smallest absolute Gasteiger partial charge is 0.269 e. The van der Waals surface area contributed by atoms with Gasteiger partial charge in [0.2, 0.25) is 0 Å². The van der Waals surface area contributed by atoms with Gasteiger partial charge >= 0.3 is 0 Å². The summed E-state index contributed by atoms with van der Waals surface area (Å²) in [5, 5.41) is 17.7. The van der Waals surface area contributed by atoms with Crippen LogP contribution in [0.15, 0.2) is 71.7 Å². The number of hydrogen-bond acceptors (Lipinski definition) is 4. The Labute approximate surface area is 184 Å². The van der Waals surface area contributed by atoms with Crippen molar-refractivity contribution < 1.29 is 4.92 Å². The van der Waals surface area contributed by atoms with Gasteiger partial charge in [-0.1, -0.05) is 54.6 Å². The molecule has 0 saturated carbocycles. The van der Waals surface area contributed by atoms with Gasteiger partial charge in [-0.2, -0.15) is 0 Å². The van der Waals surface area contributed by atoms with Gasteiger partial charge in [-0.15, -0.1) is 0 Å². The minimum atomic E-state index is -0.390. The molecule has 0 atom stereocenters. The highest BCUT2D eigenvalue weighted by atomic mass is 16.6. The van der Waals surface area contributed by atoms with Crippen LogP contribution in [-0.4, -0.2) is 41.5 Å². The van der Waals surface area contributed by atoms with Crippen molar-refractivity contribution in [1.29, 1.82) is 0 Å². The molecule has 0 aliphatic carbocycles. The van der Waals surface area contributed by atoms with Gasteiger partial charge in [-0.25, -0.2) is 4.99 Å². The predicted octanol–water partition coefficient (Wildman–Crippen LogP) is 3.87. The first-order valence-electron chi connectivity index (χ1n) is 10.7. The van der Waals surface area contributed by atoms with Crippen LogP contribution in [0.25, 0.3) is 0 Å². The second-order valence-corrected chi connectivity index (χ2v) is 8.08. The molecule has 1 aliphatic heterocycles. The van der Waals surface area contributed by atoms with Crippen molar-refractivity contribution in [3.63, 3.8) is 0 Å². The Morgan fingerprint density at radius 2 is 1.81 bits per heavy atom. The zero-order chi connectivity index (χ0) is 22.1. The van der Waals surface area contributed by atoms with Crippen LogP contribution < -0.4 is 10.6 Å². The van der Waals surface area contributed by atoms with Gasteiger partial charge in [0.25, 0.3) is 5.69 Å². The number of guanidine groups is 1. The molecule has 2 N–H and O–H groups in total. The lowest BCUT2D eigenvalue weighted by Crippen LogP contribution is -2.48. The van der Waals surface area contributed by atoms with Gasteiger partial charge in [0.05, 0.1) is 11.5 Å². The Kier molecular flexibility index (Phi) is 8.18. The maximum Gasteiger partial charge on any atom is 0.269 e. The predicted molar refractivity (Wildman–Crippen MR) is 125 cm³/mol. The highest BCUT2D eigenvalue weighted by Crippen LogP contribution is 2.15. The molecule has 1 aliphatic rings. The number of rotatable bonds is 8. The molecule has 2 aromatic rings. The Bertz CT molecular complexity index is 888. The van der Waals surface area contributed by atoms with E-state index in [4.69, 9.17) is 4.99 Å². The van der Waals surface area contributed by atoms with E-state index in [1.54, 1.807) is 12.1 Å². The number of aliphatic imine (C=N–C) groups is 1. The minimum Gasteiger partial charge on any atom is -0.354 e. The molecular formula is C24H31N5O2. The summed E-state index contributed by atoms with van der Waals surface area (Å²) in [5.41, 5.74) is 3.40. The van der Waals surface area contributed by atoms with Crippen molar-refractivity contribution >= 4 is 11.6 Å². The fraction of sp³-hybridized carbons (Fsp3) is 0.375. The number of nitrogens with zero attached hydrogens (tertiary/aromatic N) is 3. The summed E-state index contributed by atoms with van der Waals surface area (Å²) >= 11 is 0. The largest absolute Gasteiger partial charge is 0.354 e. The Morgan fingerprint density at radius 3 is 2.42 bits per heavy atom. The van der Waals surface area contributed by atoms with Crippen molar-refractivity contribution in [1.82, 2.24) is 15.5 Å². The molecule has 31 heavy (non-hydrogen) atoms. The molecule has 7 nitrogen and oxygen atoms in total. The summed E-state index contributed by atoms with van der Waals surface area (Å²) < 4.78 is 0. The van der Waals surface area contributed by atoms with E-state index in [1.807, 2.05) is 6.92 Å². The van der Waals surface area contributed by atoms with Gasteiger partial charge in [0.15, 0.2) is 5.96 Å². The van der Waals surface area contributed by atoms with E-state index < -0.39 is 4.92 Å². The number of piperidine rings is 1. The van der Waals surface area contributed by atoms with E-state index in [2.05, 4.69) is 52.4 Å². The maximum absolute atomic E-state index is 10.8. The molecule has 1 heterocycles. The lowest BCUT2D eigenvalue weighted by atomic mass is 10.0. The number of hydrogen-bond donors (Lipinski definition) is 2. The van der Waals surface area contributed by atoms with Gasteiger partial charge in [-0.05, 0) is 30.9 Å². The number of nitro benzene ring substituents is 1. The summed E-state index contributed by atoms with van der Waals surface area (Å²) in [4.78, 5) is 17.6. The molecule has 0 amide bonds. The van der Waals surface area contributed by atoms with Crippen LogP contribution in [0.1, 0.15) is 30.9 Å². The molecular weight excluding hydrogens is 390 g/mol. The summed E-state index contributed by atoms with van der Waals surface area (Å²) in [5.74, 6) is 0.753. The number of likely N-dealkylation sites (tertiary alicyclic amines) is 1. The molecule has 0 unspecified atom stereocenters. The number of nitro groups is 1. The standard InChI is InChI=1S/C24H31N5O2/c1-19(2)16-25-24(26-17-20-8-10-23(11-9-20)29(30)31)27-22-12-14-28(15-13-22)18-21-6-4-3-5-7-21/h3-11,22H,1,12-18H2,2H3,(H2,25,26,27). The Morgan fingerprint density at radius 1 is 1.13 bits per heavy atom. The molecule has 0 aromatic heterocycles. The third kappa shape index (κ3) is 7.53. The molecule has 2 aromatic carbocycles. The Balaban J connectivity index is 1.54. The van der Waals surface area contributed by atoms with Gasteiger partial charge in [0, 0.05) is 44.4 Å². The van der Waals surface area contributed by atoms with Crippen molar-refractivity contribution in [2.75, 3.05) is 19.6 Å². The number of non-ortho nitro benzene ring substituents is 1. The lowest BCUT2D eigenvalue weighted by Gasteiger charge is -2.33. The first-order chi connectivity index (χ1) is 15.0. The second-order valence-electron chi connectivity index (χ2n) is 8.08. The molecule has 0 radical (unpaired) electrons. The topological polar surface area (TPSA) is 82.8 Å². The van der Waals surface area contributed by atoms with Crippen molar-refractivity contribution in [3.05, 3.63) is 88.0 Å². The van der Waals surface area contributed by atoms with Crippen LogP contribution in [0, 0.1) is 10.1 Å². The third-order valence-electron chi connectivity index (χ3n) is 5.30. The maximum atomic E-state index is 10.8. The fourth-order valence-corrected chi connectivity index (χ4v) is 3.55. The highest BCUT2D eigenvalue weighted by Gasteiger charge is 2.20. The van der Waals surface area contributed by atoms with Crippen LogP contribution in [0.2, 0.25) is 0 Å².